The number of alkyl halides is 1. The van der Waals surface area contributed by atoms with Crippen LogP contribution in [0.25, 0.3) is 0 Å². The molecule has 0 atom stereocenters. The van der Waals surface area contributed by atoms with Crippen LogP contribution in [-0.2, 0) is 4.79 Å². The normalized spacial score (nSPS) is 15.1. The van der Waals surface area contributed by atoms with Gasteiger partial charge in [0.2, 0.25) is 0 Å². The average Bonchev–Trinajstić information content (AvgIpc) is 2.05. The molecule has 0 spiro atoms. The second-order valence-electron chi connectivity index (χ2n) is 1.73. The molecule has 0 aromatic heterocycles. The number of allylic oxidation sites excluding steroid dienone is 2. The van der Waals surface area contributed by atoms with Gasteiger partial charge in [0.15, 0.2) is 0 Å². The fraction of sp³-hybridized carbons (Fsp3) is 0.167. The van der Waals surface area contributed by atoms with Crippen LogP contribution < -0.4 is 5.43 Å². The van der Waals surface area contributed by atoms with Gasteiger partial charge in [-0.1, -0.05) is 15.9 Å². The molecule has 0 aromatic rings. The predicted octanol–water partition coefficient (Wildman–Crippen LogP) is 0.756. The van der Waals surface area contributed by atoms with Crippen molar-refractivity contribution in [2.45, 2.75) is 0 Å². The molecule has 0 aliphatic carbocycles. The Morgan fingerprint density at radius 3 is 2.90 bits per heavy atom. The van der Waals surface area contributed by atoms with Crippen LogP contribution in [0.3, 0.4) is 0 Å². The number of carbonyl (C=O) groups excluding carboxylic acids is 1. The lowest BCUT2D eigenvalue weighted by molar-refractivity contribution is -0.127. The van der Waals surface area contributed by atoms with Gasteiger partial charge in [0, 0.05) is 12.4 Å². The van der Waals surface area contributed by atoms with Gasteiger partial charge in [-0.25, -0.2) is 5.01 Å². The quantitative estimate of drug-likeness (QED) is 0.638. The summed E-state index contributed by atoms with van der Waals surface area (Å²) in [4.78, 5) is 10.9. The summed E-state index contributed by atoms with van der Waals surface area (Å²) in [6.07, 6.45) is 6.97. The fourth-order valence-corrected chi connectivity index (χ4v) is 0.847. The lowest BCUT2D eigenvalue weighted by Gasteiger charge is -2.18. The first-order valence-electron chi connectivity index (χ1n) is 2.82. The highest BCUT2D eigenvalue weighted by molar-refractivity contribution is 9.09. The van der Waals surface area contributed by atoms with Crippen molar-refractivity contribution in [3.05, 3.63) is 24.6 Å². The van der Waals surface area contributed by atoms with Crippen LogP contribution in [0, 0.1) is 0 Å². The standard InChI is InChI=1S/C6H7BrN2O/c7-5-6(10)9-4-2-1-3-8-9/h1-4,8H,5H2. The van der Waals surface area contributed by atoms with Crippen LogP contribution in [-0.4, -0.2) is 16.2 Å². The predicted molar refractivity (Wildman–Crippen MR) is 42.1 cm³/mol. The summed E-state index contributed by atoms with van der Waals surface area (Å²) >= 11 is 3.06. The Morgan fingerprint density at radius 2 is 2.40 bits per heavy atom. The molecule has 0 radical (unpaired) electrons. The molecular formula is C6H7BrN2O. The van der Waals surface area contributed by atoms with Crippen LogP contribution in [0.15, 0.2) is 24.6 Å². The first kappa shape index (κ1) is 7.34. The molecule has 0 saturated carbocycles. The lowest BCUT2D eigenvalue weighted by atomic mass is 10.5. The average molecular weight is 203 g/mol. The Labute approximate surface area is 67.5 Å². The van der Waals surface area contributed by atoms with Gasteiger partial charge in [0.25, 0.3) is 5.91 Å². The second kappa shape index (κ2) is 3.41. The molecule has 10 heavy (non-hydrogen) atoms. The van der Waals surface area contributed by atoms with Crippen molar-refractivity contribution in [3.63, 3.8) is 0 Å². The Bertz CT molecular complexity index is 188. The molecule has 1 N–H and O–H groups in total. The van der Waals surface area contributed by atoms with Gasteiger partial charge in [-0.2, -0.15) is 0 Å². The molecule has 0 fully saturated rings. The number of rotatable bonds is 1. The SMILES string of the molecule is O=C(CBr)N1C=CC=CN1. The number of carbonyl (C=O) groups is 1. The zero-order valence-corrected chi connectivity index (χ0v) is 6.84. The van der Waals surface area contributed by atoms with Crippen molar-refractivity contribution in [1.29, 1.82) is 0 Å². The third-order valence-corrected chi connectivity index (χ3v) is 1.52. The van der Waals surface area contributed by atoms with Gasteiger partial charge < -0.3 is 0 Å². The first-order chi connectivity index (χ1) is 4.84. The molecule has 3 nitrogen and oxygen atoms in total. The van der Waals surface area contributed by atoms with Gasteiger partial charge in [-0.05, 0) is 12.2 Å². The second-order valence-corrected chi connectivity index (χ2v) is 2.29. The maximum atomic E-state index is 10.9. The number of amides is 1. The van der Waals surface area contributed by atoms with E-state index in [9.17, 15) is 4.79 Å². The number of nitrogens with zero attached hydrogens (tertiary/aromatic N) is 1. The van der Waals surface area contributed by atoms with Crippen molar-refractivity contribution in [2.24, 2.45) is 0 Å². The van der Waals surface area contributed by atoms with Crippen molar-refractivity contribution >= 4 is 21.8 Å². The summed E-state index contributed by atoms with van der Waals surface area (Å²) in [6, 6.07) is 0. The summed E-state index contributed by atoms with van der Waals surface area (Å²) < 4.78 is 0. The minimum absolute atomic E-state index is 0.0133. The van der Waals surface area contributed by atoms with E-state index in [0.29, 0.717) is 5.33 Å². The van der Waals surface area contributed by atoms with Crippen LogP contribution in [0.5, 0.6) is 0 Å². The van der Waals surface area contributed by atoms with E-state index in [2.05, 4.69) is 21.4 Å². The highest BCUT2D eigenvalue weighted by Gasteiger charge is 2.06. The van der Waals surface area contributed by atoms with Gasteiger partial charge in [-0.15, -0.1) is 0 Å². The summed E-state index contributed by atoms with van der Waals surface area (Å²) in [5.74, 6) is -0.0133. The van der Waals surface area contributed by atoms with E-state index >= 15 is 0 Å². The van der Waals surface area contributed by atoms with Crippen molar-refractivity contribution in [1.82, 2.24) is 10.4 Å². The largest absolute Gasteiger partial charge is 0.299 e. The van der Waals surface area contributed by atoms with Gasteiger partial charge in [0.1, 0.15) is 0 Å². The third kappa shape index (κ3) is 1.60. The summed E-state index contributed by atoms with van der Waals surface area (Å²) in [5.41, 5.74) is 2.76. The zero-order valence-electron chi connectivity index (χ0n) is 5.25. The molecule has 1 rings (SSSR count). The molecular weight excluding hydrogens is 196 g/mol. The van der Waals surface area contributed by atoms with E-state index in [-0.39, 0.29) is 5.91 Å². The Balaban J connectivity index is 2.51. The van der Waals surface area contributed by atoms with Gasteiger partial charge in [-0.3, -0.25) is 10.2 Å². The number of halogens is 1. The Hall–Kier alpha value is -0.770. The summed E-state index contributed by atoms with van der Waals surface area (Å²) in [7, 11) is 0. The topological polar surface area (TPSA) is 32.3 Å². The van der Waals surface area contributed by atoms with Gasteiger partial charge >= 0.3 is 0 Å². The van der Waals surface area contributed by atoms with E-state index in [4.69, 9.17) is 0 Å². The maximum Gasteiger partial charge on any atom is 0.255 e. The Kier molecular flexibility index (Phi) is 2.50. The molecule has 0 bridgehead atoms. The van der Waals surface area contributed by atoms with E-state index in [1.165, 1.54) is 5.01 Å². The number of hydrogen-bond donors (Lipinski definition) is 1. The molecule has 4 heteroatoms. The maximum absolute atomic E-state index is 10.9. The number of hydrogen-bond acceptors (Lipinski definition) is 2. The number of nitrogens with one attached hydrogen (secondary N) is 1. The van der Waals surface area contributed by atoms with Crippen molar-refractivity contribution in [2.75, 3.05) is 5.33 Å². The molecule has 1 aliphatic rings. The van der Waals surface area contributed by atoms with Crippen molar-refractivity contribution < 1.29 is 4.79 Å². The summed E-state index contributed by atoms with van der Waals surface area (Å²) in [5, 5.41) is 1.74. The minimum atomic E-state index is -0.0133. The summed E-state index contributed by atoms with van der Waals surface area (Å²) in [6.45, 7) is 0. The van der Waals surface area contributed by atoms with E-state index in [1.54, 1.807) is 18.5 Å². The molecule has 1 heterocycles. The molecule has 1 amide bonds. The van der Waals surface area contributed by atoms with Crippen LogP contribution in [0.1, 0.15) is 0 Å². The van der Waals surface area contributed by atoms with Crippen molar-refractivity contribution in [3.8, 4) is 0 Å². The Morgan fingerprint density at radius 1 is 1.60 bits per heavy atom. The minimum Gasteiger partial charge on any atom is -0.299 e. The monoisotopic (exact) mass is 202 g/mol. The van der Waals surface area contributed by atoms with Crippen LogP contribution in [0.4, 0.5) is 0 Å². The van der Waals surface area contributed by atoms with E-state index in [1.807, 2.05) is 6.08 Å². The van der Waals surface area contributed by atoms with Gasteiger partial charge in [0.05, 0.1) is 5.33 Å². The first-order valence-corrected chi connectivity index (χ1v) is 3.94. The number of hydrazine groups is 1. The molecule has 1 aliphatic heterocycles. The highest BCUT2D eigenvalue weighted by atomic mass is 79.9. The highest BCUT2D eigenvalue weighted by Crippen LogP contribution is 1.95. The van der Waals surface area contributed by atoms with Crippen LogP contribution >= 0.6 is 15.9 Å². The zero-order chi connectivity index (χ0) is 7.40. The smallest absolute Gasteiger partial charge is 0.255 e. The molecule has 0 saturated heterocycles. The van der Waals surface area contributed by atoms with E-state index in [0.717, 1.165) is 0 Å². The van der Waals surface area contributed by atoms with Crippen LogP contribution in [0.2, 0.25) is 0 Å². The fourth-order valence-electron chi connectivity index (χ4n) is 0.577. The lowest BCUT2D eigenvalue weighted by Crippen LogP contribution is -2.36. The molecule has 0 unspecified atom stereocenters. The molecule has 0 aromatic carbocycles. The van der Waals surface area contributed by atoms with E-state index < -0.39 is 0 Å². The third-order valence-electron chi connectivity index (χ3n) is 1.04. The molecule has 54 valence electrons.